The van der Waals surface area contributed by atoms with E-state index in [9.17, 15) is 4.79 Å². The molecule has 104 valence electrons. The van der Waals surface area contributed by atoms with E-state index < -0.39 is 0 Å². The molecule has 1 aromatic heterocycles. The van der Waals surface area contributed by atoms with Crippen molar-refractivity contribution in [2.45, 2.75) is 26.2 Å². The third kappa shape index (κ3) is 3.80. The quantitative estimate of drug-likeness (QED) is 0.916. The molecule has 1 fully saturated rings. The Morgan fingerprint density at radius 1 is 1.53 bits per heavy atom. The molecule has 5 nitrogen and oxygen atoms in total. The first-order valence-electron chi connectivity index (χ1n) is 6.72. The highest BCUT2D eigenvalue weighted by Crippen LogP contribution is 2.21. The molecule has 2 heterocycles. The van der Waals surface area contributed by atoms with Crippen molar-refractivity contribution in [2.75, 3.05) is 24.5 Å². The van der Waals surface area contributed by atoms with Crippen molar-refractivity contribution in [3.05, 3.63) is 17.3 Å². The summed E-state index contributed by atoms with van der Waals surface area (Å²) in [7, 11) is 0. The Morgan fingerprint density at radius 3 is 3.05 bits per heavy atom. The number of amides is 1. The minimum atomic E-state index is 0.0396. The van der Waals surface area contributed by atoms with Crippen LogP contribution >= 0.6 is 11.6 Å². The summed E-state index contributed by atoms with van der Waals surface area (Å²) in [5.74, 6) is 0.976. The standard InChI is InChI=1S/C13H19ClN4O/c1-2-7-15-13(19)10-4-3-8-18(9-10)12-6-5-11(14)16-17-12/h5-6,10H,2-4,7-9H2,1H3,(H,15,19). The molecule has 1 saturated heterocycles. The first kappa shape index (κ1) is 14.1. The molecule has 1 N–H and O–H groups in total. The summed E-state index contributed by atoms with van der Waals surface area (Å²) in [4.78, 5) is 14.1. The lowest BCUT2D eigenvalue weighted by Crippen LogP contribution is -2.43. The van der Waals surface area contributed by atoms with Crippen molar-refractivity contribution in [2.24, 2.45) is 5.92 Å². The zero-order valence-electron chi connectivity index (χ0n) is 11.1. The second-order valence-corrected chi connectivity index (χ2v) is 5.18. The van der Waals surface area contributed by atoms with Gasteiger partial charge in [0.05, 0.1) is 5.92 Å². The van der Waals surface area contributed by atoms with E-state index in [4.69, 9.17) is 11.6 Å². The average Bonchev–Trinajstić information content (AvgIpc) is 2.45. The van der Waals surface area contributed by atoms with Crippen LogP contribution in [0.25, 0.3) is 0 Å². The molecule has 1 aromatic rings. The zero-order chi connectivity index (χ0) is 13.7. The van der Waals surface area contributed by atoms with Gasteiger partial charge in [-0.1, -0.05) is 18.5 Å². The Balaban J connectivity index is 1.96. The van der Waals surface area contributed by atoms with Crippen LogP contribution in [0.3, 0.4) is 0 Å². The fourth-order valence-corrected chi connectivity index (χ4v) is 2.37. The van der Waals surface area contributed by atoms with Gasteiger partial charge in [0.15, 0.2) is 11.0 Å². The second kappa shape index (κ2) is 6.70. The Kier molecular flexibility index (Phi) is 4.96. The van der Waals surface area contributed by atoms with Crippen LogP contribution < -0.4 is 10.2 Å². The van der Waals surface area contributed by atoms with Crippen LogP contribution in [0.4, 0.5) is 5.82 Å². The number of anilines is 1. The van der Waals surface area contributed by atoms with Crippen molar-refractivity contribution in [3.8, 4) is 0 Å². The van der Waals surface area contributed by atoms with E-state index >= 15 is 0 Å². The van der Waals surface area contributed by atoms with Crippen LogP contribution in [0.2, 0.25) is 5.15 Å². The number of aromatic nitrogens is 2. The van der Waals surface area contributed by atoms with Crippen LogP contribution in [-0.4, -0.2) is 35.7 Å². The molecule has 1 aliphatic heterocycles. The third-order valence-corrected chi connectivity index (χ3v) is 3.48. The largest absolute Gasteiger partial charge is 0.356 e. The van der Waals surface area contributed by atoms with Crippen molar-refractivity contribution in [1.29, 1.82) is 0 Å². The monoisotopic (exact) mass is 282 g/mol. The van der Waals surface area contributed by atoms with Gasteiger partial charge < -0.3 is 10.2 Å². The molecule has 19 heavy (non-hydrogen) atoms. The Hall–Kier alpha value is -1.36. The maximum absolute atomic E-state index is 12.0. The lowest BCUT2D eigenvalue weighted by atomic mass is 9.97. The summed E-state index contributed by atoms with van der Waals surface area (Å²) in [5.41, 5.74) is 0. The lowest BCUT2D eigenvalue weighted by molar-refractivity contribution is -0.125. The molecule has 1 unspecified atom stereocenters. The number of halogens is 1. The van der Waals surface area contributed by atoms with Crippen LogP contribution in [0.15, 0.2) is 12.1 Å². The van der Waals surface area contributed by atoms with Crippen LogP contribution in [-0.2, 0) is 4.79 Å². The van der Waals surface area contributed by atoms with Crippen molar-refractivity contribution < 1.29 is 4.79 Å². The van der Waals surface area contributed by atoms with Crippen molar-refractivity contribution in [3.63, 3.8) is 0 Å². The smallest absolute Gasteiger partial charge is 0.224 e. The first-order chi connectivity index (χ1) is 9.20. The number of nitrogens with one attached hydrogen (secondary N) is 1. The summed E-state index contributed by atoms with van der Waals surface area (Å²) in [6, 6.07) is 3.58. The topological polar surface area (TPSA) is 58.1 Å². The highest BCUT2D eigenvalue weighted by Gasteiger charge is 2.26. The lowest BCUT2D eigenvalue weighted by Gasteiger charge is -2.32. The number of carbonyl (C=O) groups is 1. The fraction of sp³-hybridized carbons (Fsp3) is 0.615. The summed E-state index contributed by atoms with van der Waals surface area (Å²) in [5, 5.41) is 11.3. The molecule has 1 aliphatic rings. The molecule has 1 atom stereocenters. The van der Waals surface area contributed by atoms with Gasteiger partial charge in [0.1, 0.15) is 0 Å². The summed E-state index contributed by atoms with van der Waals surface area (Å²) in [6.07, 6.45) is 2.90. The van der Waals surface area contributed by atoms with E-state index in [0.29, 0.717) is 11.7 Å². The van der Waals surface area contributed by atoms with Crippen LogP contribution in [0.1, 0.15) is 26.2 Å². The molecule has 0 saturated carbocycles. The number of carbonyl (C=O) groups excluding carboxylic acids is 1. The number of rotatable bonds is 4. The maximum Gasteiger partial charge on any atom is 0.224 e. The average molecular weight is 283 g/mol. The number of hydrogen-bond donors (Lipinski definition) is 1. The van der Waals surface area contributed by atoms with Crippen molar-refractivity contribution in [1.82, 2.24) is 15.5 Å². The molecule has 1 amide bonds. The number of piperidine rings is 1. The van der Waals surface area contributed by atoms with Gasteiger partial charge in [-0.05, 0) is 31.4 Å². The molecule has 2 rings (SSSR count). The van der Waals surface area contributed by atoms with E-state index in [1.165, 1.54) is 0 Å². The van der Waals surface area contributed by atoms with Crippen LogP contribution in [0, 0.1) is 5.92 Å². The SMILES string of the molecule is CCCNC(=O)C1CCCN(c2ccc(Cl)nn2)C1. The molecule has 0 aliphatic carbocycles. The van der Waals surface area contributed by atoms with E-state index in [1.807, 2.05) is 6.07 Å². The minimum Gasteiger partial charge on any atom is -0.356 e. The van der Waals surface area contributed by atoms with E-state index in [0.717, 1.165) is 38.2 Å². The van der Waals surface area contributed by atoms with Gasteiger partial charge in [-0.15, -0.1) is 10.2 Å². The van der Waals surface area contributed by atoms with E-state index in [2.05, 4.69) is 27.3 Å². The Morgan fingerprint density at radius 2 is 2.37 bits per heavy atom. The maximum atomic E-state index is 12.0. The molecular weight excluding hydrogens is 264 g/mol. The highest BCUT2D eigenvalue weighted by atomic mass is 35.5. The van der Waals surface area contributed by atoms with Crippen LogP contribution in [0.5, 0.6) is 0 Å². The normalized spacial score (nSPS) is 19.3. The summed E-state index contributed by atoms with van der Waals surface area (Å²) < 4.78 is 0. The van der Waals surface area contributed by atoms with Gasteiger partial charge in [0.2, 0.25) is 5.91 Å². The second-order valence-electron chi connectivity index (χ2n) is 4.79. The number of hydrogen-bond acceptors (Lipinski definition) is 4. The number of nitrogens with zero attached hydrogens (tertiary/aromatic N) is 3. The summed E-state index contributed by atoms with van der Waals surface area (Å²) in [6.45, 7) is 4.41. The first-order valence-corrected chi connectivity index (χ1v) is 7.10. The van der Waals surface area contributed by atoms with E-state index in [-0.39, 0.29) is 11.8 Å². The molecule has 6 heteroatoms. The van der Waals surface area contributed by atoms with Gasteiger partial charge in [-0.25, -0.2) is 0 Å². The minimum absolute atomic E-state index is 0.0396. The van der Waals surface area contributed by atoms with Gasteiger partial charge in [-0.3, -0.25) is 4.79 Å². The third-order valence-electron chi connectivity index (χ3n) is 3.28. The highest BCUT2D eigenvalue weighted by molar-refractivity contribution is 6.29. The Bertz CT molecular complexity index is 423. The molecule has 0 bridgehead atoms. The van der Waals surface area contributed by atoms with Gasteiger partial charge in [0.25, 0.3) is 0 Å². The van der Waals surface area contributed by atoms with Gasteiger partial charge in [-0.2, -0.15) is 0 Å². The fourth-order valence-electron chi connectivity index (χ4n) is 2.27. The molecular formula is C13H19ClN4O. The molecule has 0 spiro atoms. The van der Waals surface area contributed by atoms with E-state index in [1.54, 1.807) is 6.07 Å². The predicted octanol–water partition coefficient (Wildman–Crippen LogP) is 1.87. The van der Waals surface area contributed by atoms with Gasteiger partial charge >= 0.3 is 0 Å². The molecule has 0 aromatic carbocycles. The zero-order valence-corrected chi connectivity index (χ0v) is 11.9. The molecule has 0 radical (unpaired) electrons. The van der Waals surface area contributed by atoms with Gasteiger partial charge in [0, 0.05) is 19.6 Å². The Labute approximate surface area is 118 Å². The van der Waals surface area contributed by atoms with Crippen molar-refractivity contribution >= 4 is 23.3 Å². The summed E-state index contributed by atoms with van der Waals surface area (Å²) >= 11 is 5.73. The predicted molar refractivity (Wildman–Crippen MR) is 75.3 cm³/mol.